The maximum atomic E-state index is 13.9. The van der Waals surface area contributed by atoms with Crippen LogP contribution in [0.2, 0.25) is 0 Å². The molecule has 0 aliphatic heterocycles. The smallest absolute Gasteiger partial charge is 0.256 e. The first-order chi connectivity index (χ1) is 13.3. The Labute approximate surface area is 163 Å². The van der Waals surface area contributed by atoms with Gasteiger partial charge in [-0.3, -0.25) is 4.79 Å². The van der Waals surface area contributed by atoms with Gasteiger partial charge in [-0.05, 0) is 18.9 Å². The molecule has 2 N–H and O–H groups in total. The van der Waals surface area contributed by atoms with Crippen molar-refractivity contribution in [3.63, 3.8) is 0 Å². The van der Waals surface area contributed by atoms with E-state index in [0.717, 1.165) is 24.5 Å². The molecule has 9 heteroatoms. The minimum atomic E-state index is -3.25. The van der Waals surface area contributed by atoms with E-state index < -0.39 is 15.7 Å². The summed E-state index contributed by atoms with van der Waals surface area (Å²) in [4.78, 5) is 21.2. The number of hydrogen-bond donors (Lipinski definition) is 2. The molecule has 1 aliphatic carbocycles. The summed E-state index contributed by atoms with van der Waals surface area (Å²) < 4.78 is 36.1. The van der Waals surface area contributed by atoms with Crippen molar-refractivity contribution in [1.29, 1.82) is 0 Å². The Balaban J connectivity index is 1.75. The molecule has 1 aromatic heterocycles. The Bertz CT molecular complexity index is 1000. The van der Waals surface area contributed by atoms with Crippen LogP contribution in [0, 0.1) is 5.82 Å². The lowest BCUT2D eigenvalue weighted by molar-refractivity contribution is 0.0958. The SMILES string of the molecule is CS(=O)(=O)/C=C/CNC(=O)c1cnc(C2CC2)nc1NCc1ccccc1F. The lowest BCUT2D eigenvalue weighted by atomic mass is 10.2. The third-order valence-corrected chi connectivity index (χ3v) is 4.81. The second-order valence-electron chi connectivity index (χ2n) is 6.62. The molecular formula is C19H21FN4O3S. The van der Waals surface area contributed by atoms with Gasteiger partial charge in [0.25, 0.3) is 5.91 Å². The maximum Gasteiger partial charge on any atom is 0.256 e. The lowest BCUT2D eigenvalue weighted by Crippen LogP contribution is -2.25. The summed E-state index contributed by atoms with van der Waals surface area (Å²) in [6.07, 6.45) is 5.88. The van der Waals surface area contributed by atoms with E-state index in [-0.39, 0.29) is 24.5 Å². The summed E-state index contributed by atoms with van der Waals surface area (Å²) in [5.74, 6) is 0.484. The van der Waals surface area contributed by atoms with Gasteiger partial charge in [0.2, 0.25) is 0 Å². The van der Waals surface area contributed by atoms with E-state index in [1.165, 1.54) is 18.3 Å². The van der Waals surface area contributed by atoms with E-state index in [1.807, 2.05) is 0 Å². The van der Waals surface area contributed by atoms with Crippen molar-refractivity contribution >= 4 is 21.6 Å². The topological polar surface area (TPSA) is 101 Å². The van der Waals surface area contributed by atoms with Crippen molar-refractivity contribution in [3.8, 4) is 0 Å². The van der Waals surface area contributed by atoms with Gasteiger partial charge in [0.05, 0.1) is 0 Å². The second kappa shape index (κ2) is 8.47. The number of anilines is 1. The molecule has 1 aromatic carbocycles. The van der Waals surface area contributed by atoms with E-state index in [2.05, 4.69) is 20.6 Å². The van der Waals surface area contributed by atoms with Crippen LogP contribution in [-0.4, -0.2) is 37.1 Å². The number of rotatable bonds is 8. The van der Waals surface area contributed by atoms with Crippen molar-refractivity contribution in [2.45, 2.75) is 25.3 Å². The normalized spacial score (nSPS) is 14.2. The Morgan fingerprint density at radius 2 is 2.07 bits per heavy atom. The number of sulfone groups is 1. The third kappa shape index (κ3) is 5.59. The second-order valence-corrected chi connectivity index (χ2v) is 8.55. The highest BCUT2D eigenvalue weighted by Crippen LogP contribution is 2.38. The summed E-state index contributed by atoms with van der Waals surface area (Å²) in [6, 6.07) is 6.37. The van der Waals surface area contributed by atoms with Gasteiger partial charge in [-0.2, -0.15) is 0 Å². The van der Waals surface area contributed by atoms with Crippen LogP contribution >= 0.6 is 0 Å². The first-order valence-corrected chi connectivity index (χ1v) is 10.8. The molecule has 3 rings (SSSR count). The van der Waals surface area contributed by atoms with Crippen LogP contribution in [0.25, 0.3) is 0 Å². The van der Waals surface area contributed by atoms with Gasteiger partial charge in [0.1, 0.15) is 23.0 Å². The largest absolute Gasteiger partial charge is 0.365 e. The molecule has 0 radical (unpaired) electrons. The number of carbonyl (C=O) groups is 1. The van der Waals surface area contributed by atoms with Crippen LogP contribution in [0.1, 0.15) is 40.5 Å². The summed E-state index contributed by atoms with van der Waals surface area (Å²) in [7, 11) is -3.25. The number of benzene rings is 1. The highest BCUT2D eigenvalue weighted by Gasteiger charge is 2.28. The fourth-order valence-electron chi connectivity index (χ4n) is 2.53. The minimum absolute atomic E-state index is 0.0447. The van der Waals surface area contributed by atoms with Crippen molar-refractivity contribution < 1.29 is 17.6 Å². The van der Waals surface area contributed by atoms with Gasteiger partial charge in [-0.25, -0.2) is 22.8 Å². The van der Waals surface area contributed by atoms with Crippen molar-refractivity contribution in [3.05, 3.63) is 64.7 Å². The Morgan fingerprint density at radius 3 is 2.75 bits per heavy atom. The fraction of sp³-hybridized carbons (Fsp3) is 0.316. The highest BCUT2D eigenvalue weighted by atomic mass is 32.2. The standard InChI is InChI=1S/C19H21FN4O3S/c1-28(26,27)10-4-9-21-19(25)15-12-23-17(13-7-8-13)24-18(15)22-11-14-5-2-3-6-16(14)20/h2-6,10,12-13H,7-9,11H2,1H3,(H,21,25)(H,22,23,24)/b10-4+. The Kier molecular flexibility index (Phi) is 6.03. The zero-order chi connectivity index (χ0) is 20.1. The Morgan fingerprint density at radius 1 is 1.32 bits per heavy atom. The van der Waals surface area contributed by atoms with Gasteiger partial charge in [-0.15, -0.1) is 0 Å². The third-order valence-electron chi connectivity index (χ3n) is 4.12. The van der Waals surface area contributed by atoms with Gasteiger partial charge in [0.15, 0.2) is 9.84 Å². The molecule has 1 amide bonds. The van der Waals surface area contributed by atoms with Crippen molar-refractivity contribution in [2.75, 3.05) is 18.1 Å². The average molecular weight is 404 g/mol. The molecular weight excluding hydrogens is 383 g/mol. The van der Waals surface area contributed by atoms with E-state index >= 15 is 0 Å². The van der Waals surface area contributed by atoms with Crippen LogP contribution in [-0.2, 0) is 16.4 Å². The average Bonchev–Trinajstić information content (AvgIpc) is 3.49. The molecule has 7 nitrogen and oxygen atoms in total. The fourth-order valence-corrected chi connectivity index (χ4v) is 2.97. The number of amides is 1. The lowest BCUT2D eigenvalue weighted by Gasteiger charge is -2.12. The minimum Gasteiger partial charge on any atom is -0.365 e. The van der Waals surface area contributed by atoms with Gasteiger partial charge >= 0.3 is 0 Å². The number of hydrogen-bond acceptors (Lipinski definition) is 6. The summed E-state index contributed by atoms with van der Waals surface area (Å²) >= 11 is 0. The Hall–Kier alpha value is -2.81. The molecule has 2 aromatic rings. The van der Waals surface area contributed by atoms with Crippen molar-refractivity contribution in [1.82, 2.24) is 15.3 Å². The van der Waals surface area contributed by atoms with E-state index in [4.69, 9.17) is 0 Å². The van der Waals surface area contributed by atoms with Crippen molar-refractivity contribution in [2.24, 2.45) is 0 Å². The zero-order valence-electron chi connectivity index (χ0n) is 15.4. The zero-order valence-corrected chi connectivity index (χ0v) is 16.2. The summed E-state index contributed by atoms with van der Waals surface area (Å²) in [5.41, 5.74) is 0.671. The van der Waals surface area contributed by atoms with E-state index in [0.29, 0.717) is 23.1 Å². The molecule has 0 bridgehead atoms. The molecule has 1 fully saturated rings. The molecule has 0 spiro atoms. The summed E-state index contributed by atoms with van der Waals surface area (Å²) in [6.45, 7) is 0.213. The van der Waals surface area contributed by atoms with Crippen LogP contribution < -0.4 is 10.6 Å². The molecule has 0 saturated heterocycles. The molecule has 1 heterocycles. The molecule has 0 unspecified atom stereocenters. The number of nitrogens with zero attached hydrogens (tertiary/aromatic N) is 2. The summed E-state index contributed by atoms with van der Waals surface area (Å²) in [5, 5.41) is 6.65. The quantitative estimate of drug-likeness (QED) is 0.701. The predicted molar refractivity (Wildman–Crippen MR) is 104 cm³/mol. The van der Waals surface area contributed by atoms with E-state index in [9.17, 15) is 17.6 Å². The molecule has 28 heavy (non-hydrogen) atoms. The van der Waals surface area contributed by atoms with Gasteiger partial charge < -0.3 is 10.6 Å². The molecule has 148 valence electrons. The highest BCUT2D eigenvalue weighted by molar-refractivity contribution is 7.93. The number of aromatic nitrogens is 2. The predicted octanol–water partition coefficient (Wildman–Crippen LogP) is 2.39. The molecule has 0 atom stereocenters. The van der Waals surface area contributed by atoms with Crippen LogP contribution in [0.15, 0.2) is 41.9 Å². The number of nitrogens with one attached hydrogen (secondary N) is 2. The monoisotopic (exact) mass is 404 g/mol. The first kappa shape index (κ1) is 19.9. The maximum absolute atomic E-state index is 13.9. The number of carbonyl (C=O) groups excluding carboxylic acids is 1. The van der Waals surface area contributed by atoms with Gasteiger partial charge in [-0.1, -0.05) is 24.3 Å². The van der Waals surface area contributed by atoms with Crippen LogP contribution in [0.5, 0.6) is 0 Å². The molecule has 1 aliphatic rings. The van der Waals surface area contributed by atoms with E-state index in [1.54, 1.807) is 18.2 Å². The van der Waals surface area contributed by atoms with Gasteiger partial charge in [0, 0.05) is 42.4 Å². The molecule has 1 saturated carbocycles. The van der Waals surface area contributed by atoms with Crippen LogP contribution in [0.4, 0.5) is 10.2 Å². The first-order valence-electron chi connectivity index (χ1n) is 8.82. The number of halogens is 1. The van der Waals surface area contributed by atoms with Crippen LogP contribution in [0.3, 0.4) is 0 Å².